The summed E-state index contributed by atoms with van der Waals surface area (Å²) >= 11 is 10.4. The topological polar surface area (TPSA) is 56.7 Å². The molecule has 0 aliphatic rings. The number of nitrogens with zero attached hydrogens (tertiary/aromatic N) is 3. The summed E-state index contributed by atoms with van der Waals surface area (Å²) in [5.74, 6) is -0.112. The summed E-state index contributed by atoms with van der Waals surface area (Å²) in [6.07, 6.45) is 1.45. The van der Waals surface area contributed by atoms with E-state index in [1.165, 1.54) is 17.1 Å². The van der Waals surface area contributed by atoms with Crippen LogP contribution in [0.3, 0.4) is 0 Å². The summed E-state index contributed by atoms with van der Waals surface area (Å²) in [5, 5.41) is 4.36. The fourth-order valence-electron chi connectivity index (χ4n) is 1.31. The summed E-state index contributed by atoms with van der Waals surface area (Å²) in [5.41, 5.74) is 5.84. The lowest BCUT2D eigenvalue weighted by Crippen LogP contribution is -2.12. The molecule has 7 heteroatoms. The highest BCUT2D eigenvalue weighted by Gasteiger charge is 2.07. The molecule has 1 aromatic heterocycles. The molecule has 2 N–H and O–H groups in total. The van der Waals surface area contributed by atoms with Crippen molar-refractivity contribution in [1.29, 1.82) is 0 Å². The van der Waals surface area contributed by atoms with Crippen molar-refractivity contribution in [2.75, 3.05) is 0 Å². The zero-order chi connectivity index (χ0) is 12.4. The molecule has 0 spiro atoms. The number of hydrogen-bond acceptors (Lipinski definition) is 3. The third-order valence-electron chi connectivity index (χ3n) is 2.10. The molecule has 0 atom stereocenters. The Labute approximate surface area is 107 Å². The van der Waals surface area contributed by atoms with Crippen molar-refractivity contribution in [2.24, 2.45) is 5.73 Å². The summed E-state index contributed by atoms with van der Waals surface area (Å²) in [6, 6.07) is 4.47. The van der Waals surface area contributed by atoms with Crippen molar-refractivity contribution in [3.63, 3.8) is 0 Å². The highest BCUT2D eigenvalue weighted by molar-refractivity contribution is 7.80. The summed E-state index contributed by atoms with van der Waals surface area (Å²) in [7, 11) is 0. The second-order valence-corrected chi connectivity index (χ2v) is 4.24. The average molecular weight is 271 g/mol. The highest BCUT2D eigenvalue weighted by Crippen LogP contribution is 2.15. The van der Waals surface area contributed by atoms with Gasteiger partial charge in [0.15, 0.2) is 0 Å². The van der Waals surface area contributed by atoms with Crippen molar-refractivity contribution in [1.82, 2.24) is 14.8 Å². The lowest BCUT2D eigenvalue weighted by atomic mass is 10.2. The van der Waals surface area contributed by atoms with Gasteiger partial charge in [0.1, 0.15) is 17.1 Å². The van der Waals surface area contributed by atoms with Gasteiger partial charge in [0.2, 0.25) is 5.82 Å². The van der Waals surface area contributed by atoms with E-state index in [2.05, 4.69) is 10.1 Å². The SMILES string of the molecule is NC(=S)c1ncn(Cc2ccc(Cl)cc2F)n1. The number of thiocarbonyl (C=S) groups is 1. The van der Waals surface area contributed by atoms with Gasteiger partial charge in [0.25, 0.3) is 0 Å². The van der Waals surface area contributed by atoms with Gasteiger partial charge in [-0.15, -0.1) is 5.10 Å². The molecule has 2 rings (SSSR count). The predicted octanol–water partition coefficient (Wildman–Crippen LogP) is 1.75. The largest absolute Gasteiger partial charge is 0.387 e. The van der Waals surface area contributed by atoms with Crippen LogP contribution < -0.4 is 5.73 Å². The fraction of sp³-hybridized carbons (Fsp3) is 0.100. The van der Waals surface area contributed by atoms with Gasteiger partial charge in [-0.05, 0) is 12.1 Å². The molecule has 17 heavy (non-hydrogen) atoms. The molecule has 0 aliphatic carbocycles. The van der Waals surface area contributed by atoms with Gasteiger partial charge in [0, 0.05) is 10.6 Å². The van der Waals surface area contributed by atoms with Crippen LogP contribution in [0, 0.1) is 5.82 Å². The van der Waals surface area contributed by atoms with Crippen molar-refractivity contribution < 1.29 is 4.39 Å². The molecule has 4 nitrogen and oxygen atoms in total. The Bertz CT molecular complexity index is 569. The maximum absolute atomic E-state index is 13.5. The van der Waals surface area contributed by atoms with Gasteiger partial charge < -0.3 is 5.73 Å². The van der Waals surface area contributed by atoms with Crippen molar-refractivity contribution >= 4 is 28.8 Å². The minimum absolute atomic E-state index is 0.111. The maximum atomic E-state index is 13.5. The second-order valence-electron chi connectivity index (χ2n) is 3.37. The molecule has 0 saturated carbocycles. The van der Waals surface area contributed by atoms with Gasteiger partial charge in [-0.2, -0.15) is 0 Å². The minimum Gasteiger partial charge on any atom is -0.387 e. The Balaban J connectivity index is 2.22. The Morgan fingerprint density at radius 2 is 2.29 bits per heavy atom. The fourth-order valence-corrected chi connectivity index (χ4v) is 1.56. The maximum Gasteiger partial charge on any atom is 0.208 e. The van der Waals surface area contributed by atoms with E-state index < -0.39 is 0 Å². The van der Waals surface area contributed by atoms with Crippen LogP contribution in [0.4, 0.5) is 4.39 Å². The highest BCUT2D eigenvalue weighted by atomic mass is 35.5. The van der Waals surface area contributed by atoms with E-state index in [1.54, 1.807) is 12.1 Å². The predicted molar refractivity (Wildman–Crippen MR) is 66.4 cm³/mol. The van der Waals surface area contributed by atoms with Crippen LogP contribution in [-0.4, -0.2) is 19.8 Å². The molecule has 0 fully saturated rings. The quantitative estimate of drug-likeness (QED) is 0.864. The lowest BCUT2D eigenvalue weighted by molar-refractivity contribution is 0.584. The second kappa shape index (κ2) is 4.77. The van der Waals surface area contributed by atoms with E-state index in [0.717, 1.165) is 0 Å². The molecule has 0 radical (unpaired) electrons. The van der Waals surface area contributed by atoms with Gasteiger partial charge in [0.05, 0.1) is 6.54 Å². The molecule has 1 heterocycles. The van der Waals surface area contributed by atoms with Crippen LogP contribution >= 0.6 is 23.8 Å². The van der Waals surface area contributed by atoms with Crippen LogP contribution in [0.5, 0.6) is 0 Å². The first-order valence-electron chi connectivity index (χ1n) is 4.69. The van der Waals surface area contributed by atoms with E-state index in [1.807, 2.05) is 0 Å². The van der Waals surface area contributed by atoms with Crippen LogP contribution in [0.25, 0.3) is 0 Å². The first-order chi connectivity index (χ1) is 8.06. The number of aromatic nitrogens is 3. The third kappa shape index (κ3) is 2.78. The molecule has 1 aromatic carbocycles. The Morgan fingerprint density at radius 1 is 1.53 bits per heavy atom. The van der Waals surface area contributed by atoms with E-state index in [0.29, 0.717) is 10.6 Å². The van der Waals surface area contributed by atoms with E-state index in [4.69, 9.17) is 29.6 Å². The first kappa shape index (κ1) is 11.9. The number of halogens is 2. The summed E-state index contributed by atoms with van der Waals surface area (Å²) in [6.45, 7) is 0.249. The number of hydrogen-bond donors (Lipinski definition) is 1. The lowest BCUT2D eigenvalue weighted by Gasteiger charge is -2.03. The normalized spacial score (nSPS) is 10.5. The molecule has 88 valence electrons. The smallest absolute Gasteiger partial charge is 0.208 e. The van der Waals surface area contributed by atoms with Crippen LogP contribution in [-0.2, 0) is 6.54 Å². The molecule has 0 unspecified atom stereocenters. The van der Waals surface area contributed by atoms with E-state index in [-0.39, 0.29) is 23.2 Å². The number of rotatable bonds is 3. The van der Waals surface area contributed by atoms with Crippen LogP contribution in [0.1, 0.15) is 11.4 Å². The number of benzene rings is 1. The van der Waals surface area contributed by atoms with Gasteiger partial charge in [-0.3, -0.25) is 0 Å². The number of nitrogens with two attached hydrogens (primary N) is 1. The van der Waals surface area contributed by atoms with Gasteiger partial charge >= 0.3 is 0 Å². The van der Waals surface area contributed by atoms with E-state index >= 15 is 0 Å². The van der Waals surface area contributed by atoms with E-state index in [9.17, 15) is 4.39 Å². The Kier molecular flexibility index (Phi) is 3.35. The Morgan fingerprint density at radius 3 is 2.88 bits per heavy atom. The summed E-state index contributed by atoms with van der Waals surface area (Å²) in [4.78, 5) is 4.01. The standard InChI is InChI=1S/C10H8ClFN4S/c11-7-2-1-6(8(12)3-7)4-16-5-14-10(15-16)9(13)17/h1-3,5H,4H2,(H2,13,17). The van der Waals surface area contributed by atoms with Crippen LogP contribution in [0.15, 0.2) is 24.5 Å². The zero-order valence-corrected chi connectivity index (χ0v) is 10.2. The zero-order valence-electron chi connectivity index (χ0n) is 8.60. The molecule has 2 aromatic rings. The van der Waals surface area contributed by atoms with Gasteiger partial charge in [-0.25, -0.2) is 14.1 Å². The van der Waals surface area contributed by atoms with Crippen molar-refractivity contribution in [3.05, 3.63) is 46.8 Å². The third-order valence-corrected chi connectivity index (χ3v) is 2.52. The van der Waals surface area contributed by atoms with Gasteiger partial charge in [-0.1, -0.05) is 29.9 Å². The minimum atomic E-state index is -0.384. The molecule has 0 aliphatic heterocycles. The van der Waals surface area contributed by atoms with Crippen molar-refractivity contribution in [2.45, 2.75) is 6.54 Å². The molecular weight excluding hydrogens is 263 g/mol. The molecule has 0 saturated heterocycles. The van der Waals surface area contributed by atoms with Crippen molar-refractivity contribution in [3.8, 4) is 0 Å². The monoisotopic (exact) mass is 270 g/mol. The van der Waals surface area contributed by atoms with Crippen LogP contribution in [0.2, 0.25) is 5.02 Å². The molecular formula is C10H8ClFN4S. The average Bonchev–Trinajstić information content (AvgIpc) is 2.71. The molecule has 0 bridgehead atoms. The molecule has 0 amide bonds. The summed E-state index contributed by atoms with van der Waals surface area (Å²) < 4.78 is 15.0. The first-order valence-corrected chi connectivity index (χ1v) is 5.48. The Hall–Kier alpha value is -1.53.